The van der Waals surface area contributed by atoms with Crippen LogP contribution in [0, 0.1) is 11.3 Å². The summed E-state index contributed by atoms with van der Waals surface area (Å²) in [5.41, 5.74) is 1.98. The molecule has 0 bridgehead atoms. The lowest BCUT2D eigenvalue weighted by molar-refractivity contribution is 0.416. The van der Waals surface area contributed by atoms with E-state index in [1.807, 2.05) is 0 Å². The minimum Gasteiger partial charge on any atom is -0.496 e. The Morgan fingerprint density at radius 1 is 1.32 bits per heavy atom. The average molecular weight is 274 g/mol. The zero-order chi connectivity index (χ0) is 13.8. The number of aromatic nitrogens is 1. The third kappa shape index (κ3) is 2.61. The molecule has 1 aromatic heterocycles. The highest BCUT2D eigenvalue weighted by Crippen LogP contribution is 2.32. The van der Waals surface area contributed by atoms with Gasteiger partial charge in [-0.25, -0.2) is 4.98 Å². The normalized spacial score (nSPS) is 9.79. The Morgan fingerprint density at radius 3 is 2.74 bits per heavy atom. The highest BCUT2D eigenvalue weighted by atomic mass is 35.5. The summed E-state index contributed by atoms with van der Waals surface area (Å²) in [7, 11) is 3.32. The summed E-state index contributed by atoms with van der Waals surface area (Å²) in [5, 5.41) is 12.5. The van der Waals surface area contributed by atoms with E-state index in [0.717, 1.165) is 5.56 Å². The van der Waals surface area contributed by atoms with Gasteiger partial charge in [-0.05, 0) is 30.3 Å². The second-order valence-corrected chi connectivity index (χ2v) is 4.24. The van der Waals surface area contributed by atoms with Crippen LogP contribution in [0.1, 0.15) is 5.56 Å². The summed E-state index contributed by atoms with van der Waals surface area (Å²) in [6, 6.07) is 10.9. The first-order valence-electron chi connectivity index (χ1n) is 5.62. The predicted octanol–water partition coefficient (Wildman–Crippen LogP) is 3.32. The number of hydrogen-bond donors (Lipinski definition) is 1. The number of methoxy groups -OCH3 is 1. The molecule has 0 unspecified atom stereocenters. The van der Waals surface area contributed by atoms with Crippen LogP contribution < -0.4 is 10.1 Å². The van der Waals surface area contributed by atoms with Gasteiger partial charge in [0.05, 0.1) is 18.4 Å². The number of nitrogens with one attached hydrogen (secondary N) is 1. The van der Waals surface area contributed by atoms with Gasteiger partial charge in [-0.15, -0.1) is 0 Å². The molecule has 1 heterocycles. The van der Waals surface area contributed by atoms with Crippen molar-refractivity contribution in [1.29, 1.82) is 5.26 Å². The molecule has 5 heteroatoms. The second-order valence-electron chi connectivity index (χ2n) is 3.80. The van der Waals surface area contributed by atoms with Crippen LogP contribution in [-0.4, -0.2) is 19.1 Å². The number of ether oxygens (including phenoxy) is 1. The molecule has 0 aliphatic rings. The largest absolute Gasteiger partial charge is 0.496 e. The SMILES string of the molecule is CNc1nc(-c2cc(Cl)ccc2OC)ccc1C#N. The van der Waals surface area contributed by atoms with Crippen LogP contribution >= 0.6 is 11.6 Å². The molecule has 96 valence electrons. The lowest BCUT2D eigenvalue weighted by Gasteiger charge is -2.10. The fraction of sp³-hybridized carbons (Fsp3) is 0.143. The van der Waals surface area contributed by atoms with E-state index in [2.05, 4.69) is 16.4 Å². The van der Waals surface area contributed by atoms with Gasteiger partial charge < -0.3 is 10.1 Å². The van der Waals surface area contributed by atoms with Crippen molar-refractivity contribution in [1.82, 2.24) is 4.98 Å². The first-order valence-corrected chi connectivity index (χ1v) is 6.00. The van der Waals surface area contributed by atoms with E-state index in [1.54, 1.807) is 44.5 Å². The molecule has 0 aliphatic heterocycles. The van der Waals surface area contributed by atoms with E-state index >= 15 is 0 Å². The van der Waals surface area contributed by atoms with Crippen molar-refractivity contribution in [2.75, 3.05) is 19.5 Å². The van der Waals surface area contributed by atoms with Crippen LogP contribution in [-0.2, 0) is 0 Å². The van der Waals surface area contributed by atoms with E-state index in [-0.39, 0.29) is 0 Å². The number of hydrogen-bond acceptors (Lipinski definition) is 4. The number of benzene rings is 1. The van der Waals surface area contributed by atoms with Crippen LogP contribution in [0.25, 0.3) is 11.3 Å². The molecular weight excluding hydrogens is 262 g/mol. The van der Waals surface area contributed by atoms with Gasteiger partial charge in [0.1, 0.15) is 17.6 Å². The summed E-state index contributed by atoms with van der Waals surface area (Å²) in [5.74, 6) is 1.21. The van der Waals surface area contributed by atoms with Crippen LogP contribution in [0.2, 0.25) is 5.02 Å². The van der Waals surface area contributed by atoms with Gasteiger partial charge in [0.2, 0.25) is 0 Å². The van der Waals surface area contributed by atoms with Crippen molar-refractivity contribution >= 4 is 17.4 Å². The number of nitriles is 1. The lowest BCUT2D eigenvalue weighted by atomic mass is 10.1. The second kappa shape index (κ2) is 5.59. The molecule has 0 radical (unpaired) electrons. The van der Waals surface area contributed by atoms with Crippen molar-refractivity contribution in [3.8, 4) is 23.1 Å². The van der Waals surface area contributed by atoms with Gasteiger partial charge in [-0.2, -0.15) is 5.26 Å². The first-order chi connectivity index (χ1) is 9.19. The molecule has 0 atom stereocenters. The minimum atomic E-state index is 0.493. The Hall–Kier alpha value is -2.25. The van der Waals surface area contributed by atoms with Crippen molar-refractivity contribution in [2.45, 2.75) is 0 Å². The van der Waals surface area contributed by atoms with Gasteiger partial charge in [0.25, 0.3) is 0 Å². The highest BCUT2D eigenvalue weighted by Gasteiger charge is 2.10. The zero-order valence-corrected chi connectivity index (χ0v) is 11.3. The molecule has 0 amide bonds. The molecular formula is C14H12ClN3O. The third-order valence-corrected chi connectivity index (χ3v) is 2.93. The quantitative estimate of drug-likeness (QED) is 0.932. The number of rotatable bonds is 3. The molecule has 0 fully saturated rings. The molecule has 1 aromatic carbocycles. The number of halogens is 1. The van der Waals surface area contributed by atoms with Crippen LogP contribution in [0.3, 0.4) is 0 Å². The summed E-state index contributed by atoms with van der Waals surface area (Å²) in [4.78, 5) is 4.41. The molecule has 0 saturated carbocycles. The summed E-state index contributed by atoms with van der Waals surface area (Å²) in [6.45, 7) is 0. The van der Waals surface area contributed by atoms with Crippen molar-refractivity contribution in [3.63, 3.8) is 0 Å². The number of pyridine rings is 1. The fourth-order valence-corrected chi connectivity index (χ4v) is 1.94. The standard InChI is InChI=1S/C14H12ClN3O/c1-17-14-9(8-16)3-5-12(18-14)11-7-10(15)4-6-13(11)19-2/h3-7H,1-2H3,(H,17,18). The number of anilines is 1. The maximum atomic E-state index is 8.98. The van der Waals surface area contributed by atoms with Crippen LogP contribution in [0.15, 0.2) is 30.3 Å². The Kier molecular flexibility index (Phi) is 3.88. The van der Waals surface area contributed by atoms with Crippen molar-refractivity contribution < 1.29 is 4.74 Å². The van der Waals surface area contributed by atoms with Crippen LogP contribution in [0.4, 0.5) is 5.82 Å². The Bertz CT molecular complexity index is 650. The molecule has 0 aliphatic carbocycles. The van der Waals surface area contributed by atoms with Crippen molar-refractivity contribution in [3.05, 3.63) is 40.9 Å². The average Bonchev–Trinajstić information content (AvgIpc) is 2.46. The molecule has 1 N–H and O–H groups in total. The third-order valence-electron chi connectivity index (χ3n) is 2.69. The molecule has 2 aromatic rings. The molecule has 0 spiro atoms. The molecule has 0 saturated heterocycles. The van der Waals surface area contributed by atoms with Gasteiger partial charge in [-0.1, -0.05) is 11.6 Å². The van der Waals surface area contributed by atoms with E-state index in [9.17, 15) is 0 Å². The fourth-order valence-electron chi connectivity index (χ4n) is 1.77. The molecule has 4 nitrogen and oxygen atoms in total. The van der Waals surface area contributed by atoms with E-state index in [0.29, 0.717) is 27.8 Å². The van der Waals surface area contributed by atoms with Gasteiger partial charge >= 0.3 is 0 Å². The zero-order valence-electron chi connectivity index (χ0n) is 10.6. The maximum absolute atomic E-state index is 8.98. The van der Waals surface area contributed by atoms with Gasteiger partial charge in [0, 0.05) is 17.6 Å². The Labute approximate surface area is 116 Å². The summed E-state index contributed by atoms with van der Waals surface area (Å²) < 4.78 is 5.30. The van der Waals surface area contributed by atoms with Crippen molar-refractivity contribution in [2.24, 2.45) is 0 Å². The van der Waals surface area contributed by atoms with E-state index in [1.165, 1.54) is 0 Å². The Balaban J connectivity index is 2.59. The monoisotopic (exact) mass is 273 g/mol. The molecule has 19 heavy (non-hydrogen) atoms. The topological polar surface area (TPSA) is 57.9 Å². The predicted molar refractivity (Wildman–Crippen MR) is 75.5 cm³/mol. The van der Waals surface area contributed by atoms with Gasteiger partial charge in [0.15, 0.2) is 0 Å². The van der Waals surface area contributed by atoms with Gasteiger partial charge in [-0.3, -0.25) is 0 Å². The first kappa shape index (κ1) is 13.2. The Morgan fingerprint density at radius 2 is 2.11 bits per heavy atom. The maximum Gasteiger partial charge on any atom is 0.144 e. The highest BCUT2D eigenvalue weighted by molar-refractivity contribution is 6.30. The van der Waals surface area contributed by atoms with E-state index < -0.39 is 0 Å². The summed E-state index contributed by atoms with van der Waals surface area (Å²) >= 11 is 6.00. The number of nitrogens with zero attached hydrogens (tertiary/aromatic N) is 2. The van der Waals surface area contributed by atoms with Crippen LogP contribution in [0.5, 0.6) is 5.75 Å². The van der Waals surface area contributed by atoms with E-state index in [4.69, 9.17) is 21.6 Å². The molecule has 2 rings (SSSR count). The minimum absolute atomic E-state index is 0.493. The lowest BCUT2D eigenvalue weighted by Crippen LogP contribution is -1.98. The summed E-state index contributed by atoms with van der Waals surface area (Å²) in [6.07, 6.45) is 0. The smallest absolute Gasteiger partial charge is 0.144 e.